The third-order valence-corrected chi connectivity index (χ3v) is 5.66. The first kappa shape index (κ1) is 18.1. The summed E-state index contributed by atoms with van der Waals surface area (Å²) in [5.74, 6) is 0.0190. The van der Waals surface area contributed by atoms with Gasteiger partial charge in [0.25, 0.3) is 5.91 Å². The van der Waals surface area contributed by atoms with Gasteiger partial charge in [-0.2, -0.15) is 5.10 Å². The molecule has 0 bridgehead atoms. The Morgan fingerprint density at radius 2 is 2.04 bits per heavy atom. The molecule has 1 amide bonds. The number of hydrogen-bond donors (Lipinski definition) is 0. The van der Waals surface area contributed by atoms with Crippen LogP contribution in [-0.2, 0) is 4.74 Å². The minimum Gasteiger partial charge on any atom is -0.372 e. The summed E-state index contributed by atoms with van der Waals surface area (Å²) < 4.78 is 7.67. The lowest BCUT2D eigenvalue weighted by molar-refractivity contribution is -0.0585. The van der Waals surface area contributed by atoms with Crippen LogP contribution in [0, 0.1) is 0 Å². The van der Waals surface area contributed by atoms with Gasteiger partial charge >= 0.3 is 0 Å². The zero-order chi connectivity index (χ0) is 19.1. The number of fused-ring (bicyclic) bond motifs is 1. The van der Waals surface area contributed by atoms with E-state index >= 15 is 0 Å². The van der Waals surface area contributed by atoms with Gasteiger partial charge in [-0.1, -0.05) is 6.07 Å². The largest absolute Gasteiger partial charge is 0.372 e. The molecule has 142 valence electrons. The monoisotopic (exact) mass is 384 g/mol. The highest BCUT2D eigenvalue weighted by atomic mass is 32.1. The second-order valence-corrected chi connectivity index (χ2v) is 8.37. The number of thiophene rings is 1. The maximum absolute atomic E-state index is 13.4. The van der Waals surface area contributed by atoms with Gasteiger partial charge < -0.3 is 9.64 Å². The van der Waals surface area contributed by atoms with E-state index in [0.29, 0.717) is 18.7 Å². The van der Waals surface area contributed by atoms with Crippen molar-refractivity contribution in [3.8, 4) is 10.6 Å². The molecule has 4 rings (SSSR count). The summed E-state index contributed by atoms with van der Waals surface area (Å²) in [6, 6.07) is 6.11. The van der Waals surface area contributed by atoms with Crippen molar-refractivity contribution >= 4 is 28.3 Å². The first-order valence-electron chi connectivity index (χ1n) is 9.31. The molecule has 0 N–H and O–H groups in total. The molecule has 1 aliphatic heterocycles. The minimum atomic E-state index is 0.0190. The second kappa shape index (κ2) is 7.05. The van der Waals surface area contributed by atoms with Crippen LogP contribution in [-0.4, -0.2) is 50.9 Å². The van der Waals surface area contributed by atoms with Crippen LogP contribution in [0.25, 0.3) is 21.6 Å². The van der Waals surface area contributed by atoms with Crippen molar-refractivity contribution in [1.82, 2.24) is 19.7 Å². The first-order chi connectivity index (χ1) is 12.9. The Hall–Kier alpha value is -2.25. The number of amides is 1. The Morgan fingerprint density at radius 3 is 2.67 bits per heavy atom. The van der Waals surface area contributed by atoms with Gasteiger partial charge in [-0.15, -0.1) is 11.3 Å². The second-order valence-electron chi connectivity index (χ2n) is 7.42. The maximum atomic E-state index is 13.4. The first-order valence-corrected chi connectivity index (χ1v) is 10.2. The molecule has 1 saturated heterocycles. The maximum Gasteiger partial charge on any atom is 0.254 e. The molecule has 1 fully saturated rings. The molecule has 0 aliphatic carbocycles. The van der Waals surface area contributed by atoms with Crippen molar-refractivity contribution in [2.75, 3.05) is 13.1 Å². The number of aromatic nitrogens is 3. The van der Waals surface area contributed by atoms with E-state index in [0.717, 1.165) is 21.6 Å². The van der Waals surface area contributed by atoms with Gasteiger partial charge in [0.15, 0.2) is 5.65 Å². The van der Waals surface area contributed by atoms with E-state index < -0.39 is 0 Å². The molecule has 0 aromatic carbocycles. The van der Waals surface area contributed by atoms with Crippen molar-refractivity contribution in [2.24, 2.45) is 0 Å². The van der Waals surface area contributed by atoms with Gasteiger partial charge in [0.1, 0.15) is 0 Å². The molecular formula is C20H24N4O2S. The predicted molar refractivity (Wildman–Crippen MR) is 107 cm³/mol. The van der Waals surface area contributed by atoms with E-state index in [1.165, 1.54) is 0 Å². The highest BCUT2D eigenvalue weighted by Crippen LogP contribution is 2.30. The van der Waals surface area contributed by atoms with Crippen LogP contribution in [0.2, 0.25) is 0 Å². The van der Waals surface area contributed by atoms with Crippen LogP contribution in [0.3, 0.4) is 0 Å². The molecule has 3 aromatic heterocycles. The van der Waals surface area contributed by atoms with E-state index in [2.05, 4.69) is 18.9 Å². The van der Waals surface area contributed by atoms with Gasteiger partial charge in [0.2, 0.25) is 0 Å². The van der Waals surface area contributed by atoms with Crippen LogP contribution in [0.5, 0.6) is 0 Å². The normalized spacial score (nSPS) is 20.6. The molecule has 1 aliphatic rings. The van der Waals surface area contributed by atoms with E-state index in [-0.39, 0.29) is 24.2 Å². The van der Waals surface area contributed by atoms with Crippen molar-refractivity contribution in [2.45, 2.75) is 45.9 Å². The summed E-state index contributed by atoms with van der Waals surface area (Å²) in [6.07, 6.45) is 1.83. The van der Waals surface area contributed by atoms with Gasteiger partial charge in [0.05, 0.1) is 39.9 Å². The lowest BCUT2D eigenvalue weighted by atomic mass is 10.1. The van der Waals surface area contributed by atoms with E-state index in [4.69, 9.17) is 9.72 Å². The average molecular weight is 385 g/mol. The predicted octanol–water partition coefficient (Wildman–Crippen LogP) is 3.99. The number of rotatable bonds is 3. The van der Waals surface area contributed by atoms with Crippen molar-refractivity contribution < 1.29 is 9.53 Å². The quantitative estimate of drug-likeness (QED) is 0.685. The summed E-state index contributed by atoms with van der Waals surface area (Å²) in [4.78, 5) is 21.2. The van der Waals surface area contributed by atoms with Gasteiger partial charge in [0, 0.05) is 19.1 Å². The molecule has 0 spiro atoms. The molecule has 27 heavy (non-hydrogen) atoms. The molecule has 6 nitrogen and oxygen atoms in total. The molecule has 2 atom stereocenters. The van der Waals surface area contributed by atoms with Gasteiger partial charge in [-0.25, -0.2) is 9.67 Å². The summed E-state index contributed by atoms with van der Waals surface area (Å²) in [5.41, 5.74) is 2.24. The number of carbonyl (C=O) groups is 1. The number of hydrogen-bond acceptors (Lipinski definition) is 5. The molecule has 7 heteroatoms. The Balaban J connectivity index is 1.84. The Labute approximate surface area is 162 Å². The number of nitrogens with zero attached hydrogens (tertiary/aromatic N) is 4. The number of ether oxygens (including phenoxy) is 1. The highest BCUT2D eigenvalue weighted by molar-refractivity contribution is 7.13. The van der Waals surface area contributed by atoms with Gasteiger partial charge in [-0.3, -0.25) is 4.79 Å². The lowest BCUT2D eigenvalue weighted by Crippen LogP contribution is -2.48. The number of carbonyl (C=O) groups excluding carboxylic acids is 1. The Morgan fingerprint density at radius 1 is 1.30 bits per heavy atom. The lowest BCUT2D eigenvalue weighted by Gasteiger charge is -2.35. The van der Waals surface area contributed by atoms with Crippen molar-refractivity contribution in [1.29, 1.82) is 0 Å². The summed E-state index contributed by atoms with van der Waals surface area (Å²) in [5, 5.41) is 7.33. The summed E-state index contributed by atoms with van der Waals surface area (Å²) in [6.45, 7) is 9.34. The molecule has 4 heterocycles. The molecule has 2 unspecified atom stereocenters. The smallest absolute Gasteiger partial charge is 0.254 e. The average Bonchev–Trinajstić information content (AvgIpc) is 3.28. The van der Waals surface area contributed by atoms with Crippen LogP contribution in [0.15, 0.2) is 29.8 Å². The van der Waals surface area contributed by atoms with E-state index in [1.807, 2.05) is 47.0 Å². The van der Waals surface area contributed by atoms with E-state index in [1.54, 1.807) is 17.5 Å². The zero-order valence-electron chi connectivity index (χ0n) is 16.0. The highest BCUT2D eigenvalue weighted by Gasteiger charge is 2.29. The minimum absolute atomic E-state index is 0.0190. The molecule has 0 radical (unpaired) electrons. The van der Waals surface area contributed by atoms with Gasteiger partial charge in [-0.05, 0) is 45.2 Å². The van der Waals surface area contributed by atoms with Crippen LogP contribution in [0.1, 0.15) is 44.1 Å². The fraction of sp³-hybridized carbons (Fsp3) is 0.450. The van der Waals surface area contributed by atoms with Crippen LogP contribution in [0.4, 0.5) is 0 Å². The standard InChI is InChI=1S/C20H24N4O2S/c1-12(2)24-19-16(9-21-24)15(8-17(22-19)18-6-5-7-27-18)20(25)23-10-13(3)26-14(4)11-23/h5-9,12-14H,10-11H2,1-4H3. The fourth-order valence-corrected chi connectivity index (χ4v) is 4.32. The fourth-order valence-electron chi connectivity index (χ4n) is 3.64. The van der Waals surface area contributed by atoms with Crippen LogP contribution < -0.4 is 0 Å². The number of morpholine rings is 1. The molecule has 0 saturated carbocycles. The molecular weight excluding hydrogens is 360 g/mol. The number of pyridine rings is 1. The Kier molecular flexibility index (Phi) is 4.74. The van der Waals surface area contributed by atoms with Crippen molar-refractivity contribution in [3.63, 3.8) is 0 Å². The zero-order valence-corrected chi connectivity index (χ0v) is 16.9. The summed E-state index contributed by atoms with van der Waals surface area (Å²) >= 11 is 1.62. The third kappa shape index (κ3) is 3.37. The Bertz CT molecular complexity index is 954. The van der Waals surface area contributed by atoms with E-state index in [9.17, 15) is 4.79 Å². The van der Waals surface area contributed by atoms with Crippen LogP contribution >= 0.6 is 11.3 Å². The molecule has 3 aromatic rings. The summed E-state index contributed by atoms with van der Waals surface area (Å²) in [7, 11) is 0. The SMILES string of the molecule is CC1CN(C(=O)c2cc(-c3cccs3)nc3c2cnn3C(C)C)CC(C)O1. The topological polar surface area (TPSA) is 60.2 Å². The van der Waals surface area contributed by atoms with Crippen molar-refractivity contribution in [3.05, 3.63) is 35.3 Å². The third-order valence-electron chi connectivity index (χ3n) is 4.77.